The Morgan fingerprint density at radius 1 is 1.38 bits per heavy atom. The van der Waals surface area contributed by atoms with Gasteiger partial charge in [-0.15, -0.1) is 0 Å². The molecular formula is C11H15NO. The van der Waals surface area contributed by atoms with Crippen molar-refractivity contribution in [2.24, 2.45) is 5.16 Å². The zero-order valence-corrected chi connectivity index (χ0v) is 8.16. The highest BCUT2D eigenvalue weighted by Crippen LogP contribution is 2.08. The highest BCUT2D eigenvalue weighted by molar-refractivity contribution is 5.56. The Hall–Kier alpha value is -1.31. The van der Waals surface area contributed by atoms with Gasteiger partial charge in [-0.25, -0.2) is 0 Å². The minimum absolute atomic E-state index is 0.929. The molecule has 2 nitrogen and oxygen atoms in total. The van der Waals surface area contributed by atoms with E-state index in [-0.39, 0.29) is 0 Å². The lowest BCUT2D eigenvalue weighted by molar-refractivity contribution is 0.214. The largest absolute Gasteiger partial charge is 0.399 e. The van der Waals surface area contributed by atoms with Gasteiger partial charge in [-0.05, 0) is 30.9 Å². The molecule has 0 unspecified atom stereocenters. The van der Waals surface area contributed by atoms with E-state index in [1.165, 1.54) is 11.1 Å². The molecular weight excluding hydrogens is 162 g/mol. The molecule has 0 aliphatic carbocycles. The monoisotopic (exact) mass is 177 g/mol. The summed E-state index contributed by atoms with van der Waals surface area (Å²) in [5, 5.41) is 3.69. The Morgan fingerprint density at radius 3 is 2.85 bits per heavy atom. The number of rotatable bonds is 4. The molecule has 1 rings (SSSR count). The van der Waals surface area contributed by atoms with E-state index in [4.69, 9.17) is 0 Å². The molecule has 2 heteroatoms. The van der Waals surface area contributed by atoms with Crippen molar-refractivity contribution in [2.45, 2.75) is 19.8 Å². The molecule has 0 aliphatic rings. The molecule has 0 saturated carbocycles. The van der Waals surface area contributed by atoms with Crippen molar-refractivity contribution in [1.82, 2.24) is 0 Å². The van der Waals surface area contributed by atoms with Crippen LogP contribution in [0.4, 0.5) is 0 Å². The standard InChI is InChI=1S/C11H15NO/c1-10-6-3-4-7-11(10)8-5-9-12-13-2/h3-4,6-7,9H,5,8H2,1-2H3. The van der Waals surface area contributed by atoms with Crippen molar-refractivity contribution in [1.29, 1.82) is 0 Å². The fourth-order valence-corrected chi connectivity index (χ4v) is 1.24. The molecule has 0 N–H and O–H groups in total. The molecule has 0 aliphatic heterocycles. The van der Waals surface area contributed by atoms with Crippen LogP contribution in [0.2, 0.25) is 0 Å². The molecule has 0 radical (unpaired) electrons. The van der Waals surface area contributed by atoms with Crippen LogP contribution < -0.4 is 0 Å². The molecule has 0 saturated heterocycles. The van der Waals surface area contributed by atoms with E-state index in [0.29, 0.717) is 0 Å². The molecule has 1 aromatic carbocycles. The lowest BCUT2D eigenvalue weighted by Crippen LogP contribution is -1.89. The van der Waals surface area contributed by atoms with Gasteiger partial charge in [0.1, 0.15) is 7.11 Å². The quantitative estimate of drug-likeness (QED) is 0.511. The molecule has 0 amide bonds. The number of oxime groups is 1. The summed E-state index contributed by atoms with van der Waals surface area (Å²) in [4.78, 5) is 4.58. The van der Waals surface area contributed by atoms with E-state index in [9.17, 15) is 0 Å². The summed E-state index contributed by atoms with van der Waals surface area (Å²) in [6, 6.07) is 8.40. The third kappa shape index (κ3) is 3.28. The number of aryl methyl sites for hydroxylation is 2. The summed E-state index contributed by atoms with van der Waals surface area (Å²) in [5.41, 5.74) is 2.72. The van der Waals surface area contributed by atoms with Gasteiger partial charge in [0.15, 0.2) is 0 Å². The third-order valence-corrected chi connectivity index (χ3v) is 1.98. The molecule has 0 bridgehead atoms. The van der Waals surface area contributed by atoms with Crippen LogP contribution >= 0.6 is 0 Å². The maximum absolute atomic E-state index is 4.58. The van der Waals surface area contributed by atoms with Crippen LogP contribution in [-0.2, 0) is 11.3 Å². The lowest BCUT2D eigenvalue weighted by Gasteiger charge is -2.01. The molecule has 1 aromatic rings. The summed E-state index contributed by atoms with van der Waals surface area (Å²) < 4.78 is 0. The molecule has 0 atom stereocenters. The summed E-state index contributed by atoms with van der Waals surface area (Å²) in [7, 11) is 1.56. The fraction of sp³-hybridized carbons (Fsp3) is 0.364. The number of hydrogen-bond acceptors (Lipinski definition) is 2. The average molecular weight is 177 g/mol. The Morgan fingerprint density at radius 2 is 2.15 bits per heavy atom. The summed E-state index contributed by atoms with van der Waals surface area (Å²) in [6.45, 7) is 2.13. The second-order valence-corrected chi connectivity index (χ2v) is 2.94. The van der Waals surface area contributed by atoms with Gasteiger partial charge in [-0.2, -0.15) is 0 Å². The molecule has 0 aromatic heterocycles. The fourth-order valence-electron chi connectivity index (χ4n) is 1.24. The van der Waals surface area contributed by atoms with Crippen LogP contribution in [0, 0.1) is 6.92 Å². The van der Waals surface area contributed by atoms with Gasteiger partial charge in [0.2, 0.25) is 0 Å². The first kappa shape index (κ1) is 9.78. The Labute approximate surface area is 79.2 Å². The van der Waals surface area contributed by atoms with Crippen LogP contribution in [-0.4, -0.2) is 13.3 Å². The van der Waals surface area contributed by atoms with Gasteiger partial charge < -0.3 is 4.84 Å². The molecule has 0 heterocycles. The maximum Gasteiger partial charge on any atom is 0.106 e. The van der Waals surface area contributed by atoms with Crippen LogP contribution in [0.15, 0.2) is 29.4 Å². The average Bonchev–Trinajstić information content (AvgIpc) is 2.15. The maximum atomic E-state index is 4.58. The number of nitrogens with zero attached hydrogens (tertiary/aromatic N) is 1. The van der Waals surface area contributed by atoms with Crippen LogP contribution in [0.5, 0.6) is 0 Å². The topological polar surface area (TPSA) is 21.6 Å². The van der Waals surface area contributed by atoms with Crippen molar-refractivity contribution < 1.29 is 4.84 Å². The van der Waals surface area contributed by atoms with Crippen LogP contribution in [0.1, 0.15) is 17.5 Å². The van der Waals surface area contributed by atoms with Gasteiger partial charge in [0, 0.05) is 6.21 Å². The summed E-state index contributed by atoms with van der Waals surface area (Å²) >= 11 is 0. The summed E-state index contributed by atoms with van der Waals surface area (Å²) in [6.07, 6.45) is 3.75. The van der Waals surface area contributed by atoms with Crippen molar-refractivity contribution in [3.05, 3.63) is 35.4 Å². The smallest absolute Gasteiger partial charge is 0.106 e. The van der Waals surface area contributed by atoms with Crippen molar-refractivity contribution in [3.63, 3.8) is 0 Å². The Bertz CT molecular complexity index is 281. The SMILES string of the molecule is CON=CCCc1ccccc1C. The van der Waals surface area contributed by atoms with Gasteiger partial charge in [-0.3, -0.25) is 0 Å². The minimum Gasteiger partial charge on any atom is -0.399 e. The van der Waals surface area contributed by atoms with Crippen molar-refractivity contribution in [2.75, 3.05) is 7.11 Å². The van der Waals surface area contributed by atoms with Gasteiger partial charge >= 0.3 is 0 Å². The zero-order chi connectivity index (χ0) is 9.52. The van der Waals surface area contributed by atoms with Crippen LogP contribution in [0.3, 0.4) is 0 Å². The second-order valence-electron chi connectivity index (χ2n) is 2.94. The van der Waals surface area contributed by atoms with E-state index in [0.717, 1.165) is 12.8 Å². The first-order chi connectivity index (χ1) is 6.34. The first-order valence-corrected chi connectivity index (χ1v) is 4.44. The Balaban J connectivity index is 2.45. The predicted molar refractivity (Wildman–Crippen MR) is 55.0 cm³/mol. The van der Waals surface area contributed by atoms with Gasteiger partial charge in [-0.1, -0.05) is 29.4 Å². The highest BCUT2D eigenvalue weighted by Gasteiger charge is 1.94. The Kier molecular flexibility index (Phi) is 4.03. The number of hydrogen-bond donors (Lipinski definition) is 0. The minimum atomic E-state index is 0.929. The third-order valence-electron chi connectivity index (χ3n) is 1.98. The molecule has 0 spiro atoms. The normalized spacial score (nSPS) is 10.6. The second kappa shape index (κ2) is 5.36. The van der Waals surface area contributed by atoms with Gasteiger partial charge in [0.25, 0.3) is 0 Å². The van der Waals surface area contributed by atoms with E-state index in [1.54, 1.807) is 13.3 Å². The highest BCUT2D eigenvalue weighted by atomic mass is 16.6. The van der Waals surface area contributed by atoms with E-state index in [1.807, 2.05) is 0 Å². The summed E-state index contributed by atoms with van der Waals surface area (Å²) in [5.74, 6) is 0. The number of benzene rings is 1. The lowest BCUT2D eigenvalue weighted by atomic mass is 10.0. The molecule has 13 heavy (non-hydrogen) atoms. The van der Waals surface area contributed by atoms with Gasteiger partial charge in [0.05, 0.1) is 0 Å². The van der Waals surface area contributed by atoms with E-state index >= 15 is 0 Å². The molecule has 0 fully saturated rings. The predicted octanol–water partition coefficient (Wildman–Crippen LogP) is 2.56. The van der Waals surface area contributed by atoms with E-state index in [2.05, 4.69) is 41.2 Å². The zero-order valence-electron chi connectivity index (χ0n) is 8.16. The van der Waals surface area contributed by atoms with E-state index < -0.39 is 0 Å². The molecule has 70 valence electrons. The van der Waals surface area contributed by atoms with Crippen molar-refractivity contribution in [3.8, 4) is 0 Å². The first-order valence-electron chi connectivity index (χ1n) is 4.44. The van der Waals surface area contributed by atoms with Crippen LogP contribution in [0.25, 0.3) is 0 Å². The van der Waals surface area contributed by atoms with Crippen molar-refractivity contribution >= 4 is 6.21 Å².